The molecule has 0 aromatic carbocycles. The van der Waals surface area contributed by atoms with E-state index in [1.807, 2.05) is 0 Å². The van der Waals surface area contributed by atoms with Crippen molar-refractivity contribution in [1.29, 1.82) is 0 Å². The topological polar surface area (TPSA) is 0 Å². The molecule has 0 spiro atoms. The number of hydrogen-bond donors (Lipinski definition) is 0. The molecule has 0 aliphatic heterocycles. The van der Waals surface area contributed by atoms with Crippen LogP contribution in [0.25, 0.3) is 0 Å². The first-order valence-corrected chi connectivity index (χ1v) is 27.0. The van der Waals surface area contributed by atoms with Gasteiger partial charge in [-0.3, -0.25) is 0 Å². The lowest BCUT2D eigenvalue weighted by Gasteiger charge is -2.46. The fourth-order valence-electron chi connectivity index (χ4n) is 13.1. The van der Waals surface area contributed by atoms with Gasteiger partial charge >= 0.3 is 0 Å². The van der Waals surface area contributed by atoms with Crippen LogP contribution in [0.3, 0.4) is 0 Å². The molecule has 0 N–H and O–H groups in total. The highest BCUT2D eigenvalue weighted by molar-refractivity contribution is 4.90. The molecular weight excluding hydrogens is 673 g/mol. The van der Waals surface area contributed by atoms with Crippen molar-refractivity contribution >= 4 is 0 Å². The van der Waals surface area contributed by atoms with Gasteiger partial charge in [0, 0.05) is 0 Å². The van der Waals surface area contributed by atoms with E-state index >= 15 is 0 Å². The second-order valence-corrected chi connectivity index (χ2v) is 22.7. The molecule has 0 aromatic heterocycles. The Morgan fingerprint density at radius 1 is 0.304 bits per heavy atom. The van der Waals surface area contributed by atoms with Crippen LogP contribution >= 0.6 is 0 Å². The second-order valence-electron chi connectivity index (χ2n) is 22.7. The van der Waals surface area contributed by atoms with Crippen LogP contribution in [0.15, 0.2) is 0 Å². The highest BCUT2D eigenvalue weighted by atomic mass is 14.4. The van der Waals surface area contributed by atoms with Crippen molar-refractivity contribution in [3.8, 4) is 0 Å². The Morgan fingerprint density at radius 2 is 0.518 bits per heavy atom. The van der Waals surface area contributed by atoms with Crippen molar-refractivity contribution in [3.63, 3.8) is 0 Å². The summed E-state index contributed by atoms with van der Waals surface area (Å²) < 4.78 is 0. The molecule has 332 valence electrons. The summed E-state index contributed by atoms with van der Waals surface area (Å²) in [6, 6.07) is 0. The molecule has 56 heavy (non-hydrogen) atoms. The first kappa shape index (κ1) is 50.4. The smallest absolute Gasteiger partial charge is 0.0298 e. The van der Waals surface area contributed by atoms with E-state index in [0.717, 1.165) is 71.0 Å². The Balaban J connectivity index is 0.000000213. The molecule has 0 unspecified atom stereocenters. The van der Waals surface area contributed by atoms with Crippen molar-refractivity contribution in [2.75, 3.05) is 0 Å². The van der Waals surface area contributed by atoms with Crippen LogP contribution in [0.4, 0.5) is 0 Å². The van der Waals surface area contributed by atoms with Crippen LogP contribution in [0.1, 0.15) is 281 Å². The molecule has 0 heteroatoms. The SMILES string of the molecule is CC1CCC(CC2CCC(C)CC2)CC1.CCC1CCC(C(C)(C)C2CCC(CC)CC2)CC1.CCC1CCC(CC2CCC(CC)CC2)CC1.CCCCC. The largest absolute Gasteiger partial charge is 0.0654 e. The normalized spacial score (nSPS) is 36.8. The van der Waals surface area contributed by atoms with E-state index in [-0.39, 0.29) is 0 Å². The maximum Gasteiger partial charge on any atom is -0.0298 e. The maximum absolute atomic E-state index is 2.60. The fourth-order valence-corrected chi connectivity index (χ4v) is 13.1. The highest BCUT2D eigenvalue weighted by Gasteiger charge is 2.40. The van der Waals surface area contributed by atoms with E-state index in [9.17, 15) is 0 Å². The fraction of sp³-hybridized carbons (Fsp3) is 1.00. The Labute approximate surface area is 356 Å². The van der Waals surface area contributed by atoms with Crippen LogP contribution < -0.4 is 0 Å². The molecule has 6 aliphatic carbocycles. The number of hydrogen-bond acceptors (Lipinski definition) is 0. The summed E-state index contributed by atoms with van der Waals surface area (Å²) in [4.78, 5) is 0. The van der Waals surface area contributed by atoms with E-state index in [1.54, 1.807) is 38.5 Å². The molecule has 0 aromatic rings. The van der Waals surface area contributed by atoms with Crippen LogP contribution in [0.2, 0.25) is 0 Å². The van der Waals surface area contributed by atoms with Crippen LogP contribution in [0.5, 0.6) is 0 Å². The first-order chi connectivity index (χ1) is 27.0. The minimum Gasteiger partial charge on any atom is -0.0654 e. The predicted octanol–water partition coefficient (Wildman–Crippen LogP) is 19.5. The summed E-state index contributed by atoms with van der Waals surface area (Å²) in [5.41, 5.74) is 0.609. The van der Waals surface area contributed by atoms with Gasteiger partial charge in [-0.05, 0) is 115 Å². The zero-order chi connectivity index (χ0) is 40.8. The van der Waals surface area contributed by atoms with E-state index in [1.165, 1.54) is 173 Å². The third kappa shape index (κ3) is 18.7. The summed E-state index contributed by atoms with van der Waals surface area (Å²) in [5.74, 6) is 12.7. The predicted molar refractivity (Wildman–Crippen MR) is 253 cm³/mol. The van der Waals surface area contributed by atoms with Gasteiger partial charge in [0.1, 0.15) is 0 Å². The molecule has 0 atom stereocenters. The third-order valence-corrected chi connectivity index (χ3v) is 18.4. The Hall–Kier alpha value is 0. The van der Waals surface area contributed by atoms with E-state index in [2.05, 4.69) is 69.2 Å². The average molecular weight is 781 g/mol. The van der Waals surface area contributed by atoms with Crippen LogP contribution in [0, 0.1) is 76.4 Å². The quantitative estimate of drug-likeness (QED) is 0.185. The van der Waals surface area contributed by atoms with Crippen molar-refractivity contribution in [2.45, 2.75) is 281 Å². The van der Waals surface area contributed by atoms with Gasteiger partial charge < -0.3 is 0 Å². The lowest BCUT2D eigenvalue weighted by molar-refractivity contribution is 0.0381. The van der Waals surface area contributed by atoms with Crippen molar-refractivity contribution in [1.82, 2.24) is 0 Å². The van der Waals surface area contributed by atoms with Crippen LogP contribution in [-0.4, -0.2) is 0 Å². The lowest BCUT2D eigenvalue weighted by atomic mass is 9.59. The summed E-state index contributed by atoms with van der Waals surface area (Å²) in [5, 5.41) is 0. The Kier molecular flexibility index (Phi) is 25.6. The van der Waals surface area contributed by atoms with Gasteiger partial charge in [0.25, 0.3) is 0 Å². The minimum absolute atomic E-state index is 0.609. The van der Waals surface area contributed by atoms with Gasteiger partial charge in [-0.1, -0.05) is 243 Å². The lowest BCUT2D eigenvalue weighted by Crippen LogP contribution is -2.37. The molecule has 0 heterocycles. The Morgan fingerprint density at radius 3 is 0.732 bits per heavy atom. The first-order valence-electron chi connectivity index (χ1n) is 27.0. The second kappa shape index (κ2) is 28.5. The molecule has 6 aliphatic rings. The Bertz CT molecular complexity index is 812. The number of rotatable bonds is 12. The zero-order valence-corrected chi connectivity index (χ0v) is 40.8. The molecule has 6 saturated carbocycles. The van der Waals surface area contributed by atoms with Crippen molar-refractivity contribution < 1.29 is 0 Å². The van der Waals surface area contributed by atoms with Crippen molar-refractivity contribution in [3.05, 3.63) is 0 Å². The molecule has 0 bridgehead atoms. The summed E-state index contributed by atoms with van der Waals surface area (Å²) in [7, 11) is 0. The van der Waals surface area contributed by atoms with Gasteiger partial charge in [-0.25, -0.2) is 0 Å². The van der Waals surface area contributed by atoms with Gasteiger partial charge in [0.05, 0.1) is 0 Å². The molecule has 0 saturated heterocycles. The minimum atomic E-state index is 0.609. The van der Waals surface area contributed by atoms with E-state index in [4.69, 9.17) is 0 Å². The molecule has 0 amide bonds. The molecule has 0 radical (unpaired) electrons. The van der Waals surface area contributed by atoms with Crippen LogP contribution in [-0.2, 0) is 0 Å². The standard InChI is InChI=1S/C19H36.C17H32.C15H28.C5H12/c1-5-15-7-11-17(12-8-15)19(3,4)18-13-9-16(6-2)10-14-18;1-3-14-5-9-16(10-6-14)13-17-11-7-15(4-2)8-12-17;1-12-3-7-14(8-4-12)11-15-9-5-13(2)6-10-15;1-3-5-4-2/h15-18H,5-14H2,1-4H3;14-17H,3-13H2,1-2H3;12-15H,3-11H2,1-2H3;3-5H2,1-2H3. The third-order valence-electron chi connectivity index (χ3n) is 18.4. The molecule has 6 fully saturated rings. The number of unbranched alkanes of at least 4 members (excludes halogenated alkanes) is 2. The van der Waals surface area contributed by atoms with Gasteiger partial charge in [0.15, 0.2) is 0 Å². The molecule has 6 rings (SSSR count). The molecular formula is C56H108. The van der Waals surface area contributed by atoms with Crippen molar-refractivity contribution in [2.24, 2.45) is 76.4 Å². The zero-order valence-electron chi connectivity index (χ0n) is 40.8. The average Bonchev–Trinajstić information content (AvgIpc) is 3.24. The summed E-state index contributed by atoms with van der Waals surface area (Å²) in [6.07, 6.45) is 49.5. The van der Waals surface area contributed by atoms with E-state index in [0.29, 0.717) is 5.41 Å². The summed E-state index contributed by atoms with van der Waals surface area (Å²) in [6.45, 7) is 24.0. The summed E-state index contributed by atoms with van der Waals surface area (Å²) >= 11 is 0. The van der Waals surface area contributed by atoms with Gasteiger partial charge in [-0.2, -0.15) is 0 Å². The van der Waals surface area contributed by atoms with Gasteiger partial charge in [-0.15, -0.1) is 0 Å². The maximum atomic E-state index is 2.60. The van der Waals surface area contributed by atoms with E-state index < -0.39 is 0 Å². The highest BCUT2D eigenvalue weighted by Crippen LogP contribution is 2.50. The van der Waals surface area contributed by atoms with Gasteiger partial charge in [0.2, 0.25) is 0 Å². The monoisotopic (exact) mass is 781 g/mol. The molecule has 0 nitrogen and oxygen atoms in total.